The molecule has 0 radical (unpaired) electrons. The fourth-order valence-corrected chi connectivity index (χ4v) is 4.57. The lowest BCUT2D eigenvalue weighted by molar-refractivity contribution is -0.129. The smallest absolute Gasteiger partial charge is 0.223 e. The predicted octanol–water partition coefficient (Wildman–Crippen LogP) is 3.42. The van der Waals surface area contributed by atoms with E-state index in [1.165, 1.54) is 24.1 Å². The Balaban J connectivity index is 1.54. The highest BCUT2D eigenvalue weighted by Gasteiger charge is 2.35. The molecule has 3 atom stereocenters. The van der Waals surface area contributed by atoms with E-state index in [9.17, 15) is 4.79 Å². The maximum atomic E-state index is 12.8. The van der Waals surface area contributed by atoms with E-state index >= 15 is 0 Å². The Morgan fingerprint density at radius 1 is 1.19 bits per heavy atom. The van der Waals surface area contributed by atoms with Crippen LogP contribution < -0.4 is 15.5 Å². The summed E-state index contributed by atoms with van der Waals surface area (Å²) in [5.74, 6) is 2.21. The van der Waals surface area contributed by atoms with E-state index in [4.69, 9.17) is 0 Å². The van der Waals surface area contributed by atoms with Crippen molar-refractivity contribution in [3.63, 3.8) is 0 Å². The third kappa shape index (κ3) is 4.79. The minimum absolute atomic E-state index is 0.180. The maximum absolute atomic E-state index is 12.8. The molecule has 0 aromatic heterocycles. The molecule has 1 aromatic carbocycles. The van der Waals surface area contributed by atoms with E-state index in [-0.39, 0.29) is 11.8 Å². The van der Waals surface area contributed by atoms with E-state index in [0.717, 1.165) is 32.6 Å². The second kappa shape index (κ2) is 8.90. The fourth-order valence-electron chi connectivity index (χ4n) is 4.57. The summed E-state index contributed by atoms with van der Waals surface area (Å²) >= 11 is 0. The van der Waals surface area contributed by atoms with Gasteiger partial charge >= 0.3 is 0 Å². The van der Waals surface area contributed by atoms with Crippen LogP contribution in [0.15, 0.2) is 24.3 Å². The summed E-state index contributed by atoms with van der Waals surface area (Å²) in [6, 6.07) is 8.68. The first-order chi connectivity index (χ1) is 12.5. The van der Waals surface area contributed by atoms with Gasteiger partial charge in [0.2, 0.25) is 5.91 Å². The standard InChI is InChI=1S/C22H35N3O/c1-16(2)20-9-4-17(3)14-21(20)22(26)24-15-18-5-7-19(8-6-18)25-12-10-23-11-13-25/h5-8,16-17,20-21,23H,4,9-15H2,1-3H3,(H,24,26)/t17-,20+,21-/m1/s1. The van der Waals surface area contributed by atoms with Crippen LogP contribution in [-0.2, 0) is 11.3 Å². The number of hydrogen-bond acceptors (Lipinski definition) is 3. The van der Waals surface area contributed by atoms with Crippen LogP contribution in [0, 0.1) is 23.7 Å². The molecule has 2 N–H and O–H groups in total. The van der Waals surface area contributed by atoms with E-state index in [1.807, 2.05) is 0 Å². The van der Waals surface area contributed by atoms with Gasteiger partial charge in [-0.2, -0.15) is 0 Å². The molecule has 1 heterocycles. The molecule has 1 aliphatic heterocycles. The number of carbonyl (C=O) groups is 1. The van der Waals surface area contributed by atoms with E-state index in [0.29, 0.717) is 24.3 Å². The zero-order chi connectivity index (χ0) is 18.5. The zero-order valence-corrected chi connectivity index (χ0v) is 16.6. The first kappa shape index (κ1) is 19.2. The molecule has 4 nitrogen and oxygen atoms in total. The summed E-state index contributed by atoms with van der Waals surface area (Å²) in [7, 11) is 0. The van der Waals surface area contributed by atoms with Gasteiger partial charge in [0.1, 0.15) is 0 Å². The number of carbonyl (C=O) groups excluding carboxylic acids is 1. The molecule has 144 valence electrons. The SMILES string of the molecule is CC(C)[C@@H]1CC[C@@H](C)C[C@H]1C(=O)NCc1ccc(N2CCNCC2)cc1. The highest BCUT2D eigenvalue weighted by Crippen LogP contribution is 2.38. The molecule has 4 heteroatoms. The summed E-state index contributed by atoms with van der Waals surface area (Å²) in [5.41, 5.74) is 2.46. The molecule has 26 heavy (non-hydrogen) atoms. The van der Waals surface area contributed by atoms with Gasteiger partial charge in [0, 0.05) is 44.3 Å². The van der Waals surface area contributed by atoms with Crippen molar-refractivity contribution in [2.24, 2.45) is 23.7 Å². The molecular weight excluding hydrogens is 322 g/mol. The van der Waals surface area contributed by atoms with Crippen molar-refractivity contribution in [1.82, 2.24) is 10.6 Å². The lowest BCUT2D eigenvalue weighted by Gasteiger charge is -2.36. The van der Waals surface area contributed by atoms with Gasteiger partial charge in [-0.25, -0.2) is 0 Å². The Morgan fingerprint density at radius 3 is 2.54 bits per heavy atom. The van der Waals surface area contributed by atoms with Gasteiger partial charge in [-0.15, -0.1) is 0 Å². The van der Waals surface area contributed by atoms with Crippen molar-refractivity contribution < 1.29 is 4.79 Å². The number of nitrogens with zero attached hydrogens (tertiary/aromatic N) is 1. The largest absolute Gasteiger partial charge is 0.369 e. The van der Waals surface area contributed by atoms with Gasteiger partial charge < -0.3 is 15.5 Å². The molecule has 0 bridgehead atoms. The molecule has 1 saturated carbocycles. The summed E-state index contributed by atoms with van der Waals surface area (Å²) in [4.78, 5) is 15.2. The molecule has 2 aliphatic rings. The second-order valence-electron chi connectivity index (χ2n) is 8.55. The molecule has 1 saturated heterocycles. The normalized spacial score (nSPS) is 26.8. The molecular formula is C22H35N3O. The molecule has 2 fully saturated rings. The number of piperazine rings is 1. The Morgan fingerprint density at radius 2 is 1.88 bits per heavy atom. The average molecular weight is 358 g/mol. The van der Waals surface area contributed by atoms with E-state index in [1.54, 1.807) is 0 Å². The monoisotopic (exact) mass is 357 g/mol. The number of hydrogen-bond donors (Lipinski definition) is 2. The fraction of sp³-hybridized carbons (Fsp3) is 0.682. The highest BCUT2D eigenvalue weighted by molar-refractivity contribution is 5.79. The van der Waals surface area contributed by atoms with Crippen molar-refractivity contribution >= 4 is 11.6 Å². The van der Waals surface area contributed by atoms with Gasteiger partial charge in [0.15, 0.2) is 0 Å². The second-order valence-corrected chi connectivity index (χ2v) is 8.55. The van der Waals surface area contributed by atoms with Crippen LogP contribution in [0.2, 0.25) is 0 Å². The van der Waals surface area contributed by atoms with Crippen LogP contribution in [-0.4, -0.2) is 32.1 Å². The molecule has 1 aliphatic carbocycles. The first-order valence-corrected chi connectivity index (χ1v) is 10.4. The Hall–Kier alpha value is -1.55. The third-order valence-corrected chi connectivity index (χ3v) is 6.24. The summed E-state index contributed by atoms with van der Waals surface area (Å²) in [6.45, 7) is 11.7. The lowest BCUT2D eigenvalue weighted by atomic mass is 9.70. The molecule has 3 rings (SSSR count). The zero-order valence-electron chi connectivity index (χ0n) is 16.6. The summed E-state index contributed by atoms with van der Waals surface area (Å²) in [5, 5.41) is 6.60. The average Bonchev–Trinajstić information content (AvgIpc) is 2.67. The summed E-state index contributed by atoms with van der Waals surface area (Å²) in [6.07, 6.45) is 3.49. The topological polar surface area (TPSA) is 44.4 Å². The maximum Gasteiger partial charge on any atom is 0.223 e. The Labute approximate surface area is 158 Å². The van der Waals surface area contributed by atoms with Gasteiger partial charge in [0.25, 0.3) is 0 Å². The van der Waals surface area contributed by atoms with Crippen molar-refractivity contribution in [3.8, 4) is 0 Å². The minimum Gasteiger partial charge on any atom is -0.369 e. The molecule has 1 amide bonds. The predicted molar refractivity (Wildman–Crippen MR) is 108 cm³/mol. The number of anilines is 1. The Kier molecular flexibility index (Phi) is 6.58. The Bertz CT molecular complexity index is 578. The van der Waals surface area contributed by atoms with Crippen LogP contribution >= 0.6 is 0 Å². The molecule has 1 aromatic rings. The molecule has 0 unspecified atom stereocenters. The van der Waals surface area contributed by atoms with Crippen molar-refractivity contribution in [1.29, 1.82) is 0 Å². The molecule has 0 spiro atoms. The minimum atomic E-state index is 0.180. The highest BCUT2D eigenvalue weighted by atomic mass is 16.1. The number of nitrogens with one attached hydrogen (secondary N) is 2. The number of amides is 1. The van der Waals surface area contributed by atoms with Crippen LogP contribution in [0.4, 0.5) is 5.69 Å². The number of benzene rings is 1. The number of rotatable bonds is 5. The summed E-state index contributed by atoms with van der Waals surface area (Å²) < 4.78 is 0. The van der Waals surface area contributed by atoms with Crippen LogP contribution in [0.25, 0.3) is 0 Å². The van der Waals surface area contributed by atoms with Crippen molar-refractivity contribution in [3.05, 3.63) is 29.8 Å². The van der Waals surface area contributed by atoms with E-state index in [2.05, 4.69) is 60.6 Å². The third-order valence-electron chi connectivity index (χ3n) is 6.24. The first-order valence-electron chi connectivity index (χ1n) is 10.4. The lowest BCUT2D eigenvalue weighted by Crippen LogP contribution is -2.43. The van der Waals surface area contributed by atoms with Gasteiger partial charge in [-0.3, -0.25) is 4.79 Å². The van der Waals surface area contributed by atoms with Crippen molar-refractivity contribution in [2.45, 2.75) is 46.6 Å². The quantitative estimate of drug-likeness (QED) is 0.849. The van der Waals surface area contributed by atoms with E-state index < -0.39 is 0 Å². The van der Waals surface area contributed by atoms with Gasteiger partial charge in [-0.05, 0) is 48.3 Å². The van der Waals surface area contributed by atoms with Gasteiger partial charge in [0.05, 0.1) is 0 Å². The van der Waals surface area contributed by atoms with Crippen LogP contribution in [0.1, 0.15) is 45.6 Å². The van der Waals surface area contributed by atoms with Crippen molar-refractivity contribution in [2.75, 3.05) is 31.1 Å². The van der Waals surface area contributed by atoms with Crippen LogP contribution in [0.5, 0.6) is 0 Å². The van der Waals surface area contributed by atoms with Gasteiger partial charge in [-0.1, -0.05) is 39.3 Å². The van der Waals surface area contributed by atoms with Crippen LogP contribution in [0.3, 0.4) is 0 Å².